The normalized spacial score (nSPS) is 14.7. The van der Waals surface area contributed by atoms with Crippen LogP contribution in [0.4, 0.5) is 0 Å². The maximum Gasteiger partial charge on any atom is 0.231 e. The van der Waals surface area contributed by atoms with Gasteiger partial charge in [-0.2, -0.15) is 11.3 Å². The molecule has 0 saturated heterocycles. The highest BCUT2D eigenvalue weighted by atomic mass is 32.1. The van der Waals surface area contributed by atoms with Crippen LogP contribution in [0.1, 0.15) is 23.7 Å². The topological polar surface area (TPSA) is 38.7 Å². The van der Waals surface area contributed by atoms with Crippen LogP contribution in [0.15, 0.2) is 35.0 Å². The van der Waals surface area contributed by atoms with E-state index >= 15 is 0 Å². The minimum Gasteiger partial charge on any atom is -0.454 e. The summed E-state index contributed by atoms with van der Waals surface area (Å²) < 4.78 is 10.6. The van der Waals surface area contributed by atoms with Gasteiger partial charge in [0.1, 0.15) is 0 Å². The monoisotopic (exact) mass is 262 g/mol. The van der Waals surface area contributed by atoms with E-state index in [0.29, 0.717) is 0 Å². The Morgan fingerprint density at radius 1 is 1.22 bits per heavy atom. The Balaban J connectivity index is 1.67. The minimum absolute atomic E-state index is 0.268. The number of hydrogen-bond acceptors (Lipinski definition) is 4. The highest BCUT2D eigenvalue weighted by Gasteiger charge is 2.16. The molecule has 18 heavy (non-hydrogen) atoms. The second-order valence-corrected chi connectivity index (χ2v) is 5.08. The highest BCUT2D eigenvalue weighted by molar-refractivity contribution is 7.07. The van der Waals surface area contributed by atoms with E-state index in [0.717, 1.165) is 29.9 Å². The van der Waals surface area contributed by atoms with Crippen molar-refractivity contribution in [2.45, 2.75) is 18.9 Å². The van der Waals surface area contributed by atoms with Crippen molar-refractivity contribution in [1.82, 2.24) is 0 Å². The van der Waals surface area contributed by atoms with E-state index in [2.05, 4.69) is 16.8 Å². The maximum atomic E-state index is 10.2. The number of aliphatic hydroxyl groups excluding tert-OH is 1. The summed E-state index contributed by atoms with van der Waals surface area (Å²) in [6.07, 6.45) is 1.15. The second-order valence-electron chi connectivity index (χ2n) is 4.30. The van der Waals surface area contributed by atoms with Gasteiger partial charge in [-0.1, -0.05) is 6.07 Å². The number of aryl methyl sites for hydroxylation is 1. The van der Waals surface area contributed by atoms with Gasteiger partial charge in [-0.25, -0.2) is 0 Å². The van der Waals surface area contributed by atoms with E-state index in [1.54, 1.807) is 11.3 Å². The van der Waals surface area contributed by atoms with Crippen LogP contribution in [0.25, 0.3) is 0 Å². The van der Waals surface area contributed by atoms with E-state index in [-0.39, 0.29) is 6.79 Å². The molecule has 0 fully saturated rings. The van der Waals surface area contributed by atoms with Crippen LogP contribution in [-0.4, -0.2) is 11.9 Å². The Labute approximate surface area is 110 Å². The number of hydrogen-bond donors (Lipinski definition) is 1. The van der Waals surface area contributed by atoms with Crippen molar-refractivity contribution >= 4 is 11.3 Å². The van der Waals surface area contributed by atoms with Crippen LogP contribution >= 0.6 is 11.3 Å². The van der Waals surface area contributed by atoms with Crippen molar-refractivity contribution in [2.75, 3.05) is 6.79 Å². The molecule has 0 aliphatic carbocycles. The zero-order valence-electron chi connectivity index (χ0n) is 9.83. The predicted octanol–water partition coefficient (Wildman–Crippen LogP) is 3.14. The molecule has 3 nitrogen and oxygen atoms in total. The molecule has 4 heteroatoms. The summed E-state index contributed by atoms with van der Waals surface area (Å²) in [6.45, 7) is 0.268. The molecular weight excluding hydrogens is 248 g/mol. The Bertz CT molecular complexity index is 522. The zero-order valence-corrected chi connectivity index (χ0v) is 10.7. The molecule has 1 atom stereocenters. The van der Waals surface area contributed by atoms with Crippen molar-refractivity contribution in [3.05, 3.63) is 46.2 Å². The largest absolute Gasteiger partial charge is 0.454 e. The second kappa shape index (κ2) is 5.00. The fraction of sp³-hybridized carbons (Fsp3) is 0.286. The van der Waals surface area contributed by atoms with Crippen molar-refractivity contribution in [3.8, 4) is 11.5 Å². The van der Waals surface area contributed by atoms with Crippen molar-refractivity contribution in [1.29, 1.82) is 0 Å². The fourth-order valence-electron chi connectivity index (χ4n) is 2.03. The van der Waals surface area contributed by atoms with Crippen molar-refractivity contribution in [2.24, 2.45) is 0 Å². The molecule has 0 bridgehead atoms. The summed E-state index contributed by atoms with van der Waals surface area (Å²) in [6, 6.07) is 7.70. The van der Waals surface area contributed by atoms with Crippen LogP contribution in [0, 0.1) is 0 Å². The van der Waals surface area contributed by atoms with Crippen LogP contribution < -0.4 is 9.47 Å². The number of thiophene rings is 1. The van der Waals surface area contributed by atoms with E-state index in [1.165, 1.54) is 5.56 Å². The Hall–Kier alpha value is -1.52. The third-order valence-electron chi connectivity index (χ3n) is 3.07. The number of ether oxygens (including phenoxy) is 2. The van der Waals surface area contributed by atoms with E-state index < -0.39 is 6.10 Å². The first-order valence-electron chi connectivity index (χ1n) is 5.91. The predicted molar refractivity (Wildman–Crippen MR) is 70.2 cm³/mol. The summed E-state index contributed by atoms with van der Waals surface area (Å²) in [5.41, 5.74) is 2.16. The third kappa shape index (κ3) is 2.35. The van der Waals surface area contributed by atoms with Gasteiger partial charge in [-0.3, -0.25) is 0 Å². The molecule has 2 aromatic rings. The molecule has 1 unspecified atom stereocenters. The minimum atomic E-state index is -0.459. The first kappa shape index (κ1) is 11.6. The van der Waals surface area contributed by atoms with Gasteiger partial charge in [0.05, 0.1) is 6.10 Å². The average molecular weight is 262 g/mol. The van der Waals surface area contributed by atoms with Gasteiger partial charge < -0.3 is 14.6 Å². The van der Waals surface area contributed by atoms with Gasteiger partial charge in [0.2, 0.25) is 6.79 Å². The molecule has 0 amide bonds. The van der Waals surface area contributed by atoms with Crippen LogP contribution in [0.2, 0.25) is 0 Å². The molecule has 1 N–H and O–H groups in total. The van der Waals surface area contributed by atoms with Gasteiger partial charge in [-0.05, 0) is 52.9 Å². The first-order valence-corrected chi connectivity index (χ1v) is 6.86. The third-order valence-corrected chi connectivity index (χ3v) is 3.80. The van der Waals surface area contributed by atoms with Gasteiger partial charge in [0, 0.05) is 0 Å². The average Bonchev–Trinajstić information content (AvgIpc) is 3.05. The van der Waals surface area contributed by atoms with Gasteiger partial charge in [0.25, 0.3) is 0 Å². The van der Waals surface area contributed by atoms with E-state index in [4.69, 9.17) is 9.47 Å². The molecular formula is C14H14O3S. The number of benzene rings is 1. The van der Waals surface area contributed by atoms with Gasteiger partial charge >= 0.3 is 0 Å². The summed E-state index contributed by atoms with van der Waals surface area (Å²) in [5.74, 6) is 1.48. The van der Waals surface area contributed by atoms with Crippen LogP contribution in [0.5, 0.6) is 11.5 Å². The Kier molecular flexibility index (Phi) is 3.21. The highest BCUT2D eigenvalue weighted by Crippen LogP contribution is 2.35. The lowest BCUT2D eigenvalue weighted by Gasteiger charge is -2.11. The SMILES string of the molecule is OC(CCc1ccsc1)c1ccc2c(c1)OCO2. The molecule has 94 valence electrons. The number of fused-ring (bicyclic) bond motifs is 1. The molecule has 1 aliphatic rings. The Morgan fingerprint density at radius 2 is 2.11 bits per heavy atom. The van der Waals surface area contributed by atoms with Crippen LogP contribution in [-0.2, 0) is 6.42 Å². The quantitative estimate of drug-likeness (QED) is 0.920. The van der Waals surface area contributed by atoms with Gasteiger partial charge in [-0.15, -0.1) is 0 Å². The number of rotatable bonds is 4. The van der Waals surface area contributed by atoms with Crippen molar-refractivity contribution in [3.63, 3.8) is 0 Å². The molecule has 0 saturated carbocycles. The van der Waals surface area contributed by atoms with Gasteiger partial charge in [0.15, 0.2) is 11.5 Å². The summed E-state index contributed by atoms with van der Waals surface area (Å²) in [7, 11) is 0. The first-order chi connectivity index (χ1) is 8.83. The van der Waals surface area contributed by atoms with E-state index in [1.807, 2.05) is 18.2 Å². The standard InChI is InChI=1S/C14H14O3S/c15-12(3-1-10-5-6-18-8-10)11-2-4-13-14(7-11)17-9-16-13/h2,4-8,12,15H,1,3,9H2. The zero-order chi connectivity index (χ0) is 12.4. The van der Waals surface area contributed by atoms with Crippen molar-refractivity contribution < 1.29 is 14.6 Å². The molecule has 1 aliphatic heterocycles. The van der Waals surface area contributed by atoms with E-state index in [9.17, 15) is 5.11 Å². The molecule has 1 aromatic carbocycles. The molecule has 1 aromatic heterocycles. The molecule has 3 rings (SSSR count). The summed E-state index contributed by atoms with van der Waals surface area (Å²) in [5, 5.41) is 14.3. The number of aliphatic hydroxyl groups is 1. The van der Waals surface area contributed by atoms with Crippen LogP contribution in [0.3, 0.4) is 0 Å². The molecule has 0 spiro atoms. The maximum absolute atomic E-state index is 10.2. The Morgan fingerprint density at radius 3 is 2.94 bits per heavy atom. The summed E-state index contributed by atoms with van der Waals surface area (Å²) in [4.78, 5) is 0. The lowest BCUT2D eigenvalue weighted by Crippen LogP contribution is -1.99. The lowest BCUT2D eigenvalue weighted by molar-refractivity contribution is 0.166. The molecule has 2 heterocycles. The summed E-state index contributed by atoms with van der Waals surface area (Å²) >= 11 is 1.69. The lowest BCUT2D eigenvalue weighted by atomic mass is 10.0. The smallest absolute Gasteiger partial charge is 0.231 e. The fourth-order valence-corrected chi connectivity index (χ4v) is 2.73. The molecule has 0 radical (unpaired) electrons.